The molecule has 0 unspecified atom stereocenters. The van der Waals surface area contributed by atoms with Crippen molar-refractivity contribution in [3.8, 4) is 0 Å². The van der Waals surface area contributed by atoms with Crippen LogP contribution in [0.5, 0.6) is 0 Å². The molecule has 4 heteroatoms. The number of amides is 1. The van der Waals surface area contributed by atoms with Crippen LogP contribution in [0, 0.1) is 19.1 Å². The van der Waals surface area contributed by atoms with Crippen LogP contribution in [0.1, 0.15) is 27.0 Å². The highest BCUT2D eigenvalue weighted by molar-refractivity contribution is 5.94. The van der Waals surface area contributed by atoms with Gasteiger partial charge in [-0.15, -0.1) is 0 Å². The fourth-order valence-electron chi connectivity index (χ4n) is 1.97. The van der Waals surface area contributed by atoms with Crippen molar-refractivity contribution < 1.29 is 4.79 Å². The summed E-state index contributed by atoms with van der Waals surface area (Å²) in [7, 11) is 0. The lowest BCUT2D eigenvalue weighted by Gasteiger charge is -2.28. The van der Waals surface area contributed by atoms with Gasteiger partial charge in [0.15, 0.2) is 0 Å². The molecule has 0 fully saturated rings. The van der Waals surface area contributed by atoms with Gasteiger partial charge in [0, 0.05) is 24.5 Å². The van der Waals surface area contributed by atoms with Gasteiger partial charge in [-0.05, 0) is 43.7 Å². The smallest absolute Gasteiger partial charge is 0.243 e. The second-order valence-corrected chi connectivity index (χ2v) is 4.57. The number of pyridine rings is 1. The van der Waals surface area contributed by atoms with Gasteiger partial charge in [0.05, 0.1) is 0 Å². The Kier molecular flexibility index (Phi) is 3.92. The number of aromatic nitrogens is 1. The summed E-state index contributed by atoms with van der Waals surface area (Å²) in [4.78, 5) is 15.9. The number of hydrogen-bond acceptors (Lipinski definition) is 3. The van der Waals surface area contributed by atoms with Gasteiger partial charge < -0.3 is 10.3 Å². The number of carbonyl (C=O) groups is 1. The van der Waals surface area contributed by atoms with E-state index >= 15 is 0 Å². The Morgan fingerprint density at radius 3 is 2.32 bits per heavy atom. The molecule has 0 aliphatic carbocycles. The van der Waals surface area contributed by atoms with Gasteiger partial charge >= 0.3 is 0 Å². The predicted octanol–water partition coefficient (Wildman–Crippen LogP) is 2.84. The topological polar surface area (TPSA) is 56.3 Å². The van der Waals surface area contributed by atoms with E-state index in [2.05, 4.69) is 4.98 Å². The Bertz CT molecular complexity index is 562. The van der Waals surface area contributed by atoms with Crippen LogP contribution in [0.3, 0.4) is 0 Å². The lowest BCUT2D eigenvalue weighted by molar-refractivity contribution is 0.0813. The van der Waals surface area contributed by atoms with Crippen LogP contribution < -0.4 is 0 Å². The molecule has 0 aliphatic heterocycles. The van der Waals surface area contributed by atoms with Crippen molar-refractivity contribution in [2.75, 3.05) is 0 Å². The van der Waals surface area contributed by atoms with E-state index in [0.717, 1.165) is 16.7 Å². The van der Waals surface area contributed by atoms with Crippen molar-refractivity contribution in [3.05, 3.63) is 70.2 Å². The average Bonchev–Trinajstić information content (AvgIpc) is 2.37. The summed E-state index contributed by atoms with van der Waals surface area (Å²) >= 11 is 0. The quantitative estimate of drug-likeness (QED) is 0.792. The maximum Gasteiger partial charge on any atom is 0.243 e. The van der Waals surface area contributed by atoms with Crippen molar-refractivity contribution in [3.63, 3.8) is 0 Å². The molecule has 0 N–H and O–H groups in total. The van der Waals surface area contributed by atoms with E-state index in [1.165, 1.54) is 0 Å². The monoisotopic (exact) mass is 255 g/mol. The highest BCUT2D eigenvalue weighted by atomic mass is 16.5. The molecule has 1 aromatic carbocycles. The van der Waals surface area contributed by atoms with Crippen LogP contribution >= 0.6 is 0 Å². The first-order valence-electron chi connectivity index (χ1n) is 6.02. The van der Waals surface area contributed by atoms with Crippen LogP contribution in [0.25, 0.3) is 0 Å². The Morgan fingerprint density at radius 1 is 1.16 bits per heavy atom. The molecule has 1 amide bonds. The molecule has 98 valence electrons. The Hall–Kier alpha value is -2.20. The molecule has 4 nitrogen and oxygen atoms in total. The summed E-state index contributed by atoms with van der Waals surface area (Å²) in [5.74, 6) is -0.511. The number of nitrogens with zero attached hydrogens (tertiary/aromatic N) is 2. The predicted molar refractivity (Wildman–Crippen MR) is 73.4 cm³/mol. The normalized spacial score (nSPS) is 10.3. The first-order valence-corrected chi connectivity index (χ1v) is 6.02. The minimum absolute atomic E-state index is 0.0361. The summed E-state index contributed by atoms with van der Waals surface area (Å²) in [6.45, 7) is 3.85. The van der Waals surface area contributed by atoms with Gasteiger partial charge in [0.2, 0.25) is 5.91 Å². The van der Waals surface area contributed by atoms with Crippen molar-refractivity contribution in [1.82, 2.24) is 10.0 Å². The van der Waals surface area contributed by atoms with E-state index < -0.39 is 5.91 Å². The Balaban J connectivity index is 2.15. The molecule has 0 aliphatic rings. The maximum absolute atomic E-state index is 12.1. The Morgan fingerprint density at radius 2 is 1.74 bits per heavy atom. The molecular weight excluding hydrogens is 240 g/mol. The molecule has 0 spiro atoms. The van der Waals surface area contributed by atoms with Crippen molar-refractivity contribution in [2.24, 2.45) is 0 Å². The molecule has 0 radical (unpaired) electrons. The summed E-state index contributed by atoms with van der Waals surface area (Å²) in [5, 5.41) is 12.4. The molecule has 0 saturated heterocycles. The molecule has 0 saturated carbocycles. The van der Waals surface area contributed by atoms with Crippen LogP contribution in [0.2, 0.25) is 0 Å². The van der Waals surface area contributed by atoms with E-state index in [-0.39, 0.29) is 6.54 Å². The number of hydroxylamine groups is 2. The summed E-state index contributed by atoms with van der Waals surface area (Å²) in [6, 6.07) is 8.87. The largest absolute Gasteiger partial charge is 0.756 e. The van der Waals surface area contributed by atoms with Crippen molar-refractivity contribution in [2.45, 2.75) is 20.4 Å². The Labute approximate surface area is 112 Å². The van der Waals surface area contributed by atoms with Crippen molar-refractivity contribution >= 4 is 5.91 Å². The molecule has 0 bridgehead atoms. The van der Waals surface area contributed by atoms with Gasteiger partial charge in [0.25, 0.3) is 0 Å². The SMILES string of the molecule is Cc1cc(C)cc(C(=O)N([O-])Cc2ccncc2)c1. The molecular formula is C15H15N2O2-. The average molecular weight is 255 g/mol. The van der Waals surface area contributed by atoms with E-state index in [4.69, 9.17) is 0 Å². The third-order valence-electron chi connectivity index (χ3n) is 2.77. The van der Waals surface area contributed by atoms with Crippen LogP contribution in [0.15, 0.2) is 42.7 Å². The third-order valence-corrected chi connectivity index (χ3v) is 2.77. The fourth-order valence-corrected chi connectivity index (χ4v) is 1.97. The van der Waals surface area contributed by atoms with E-state index in [1.807, 2.05) is 19.9 Å². The second kappa shape index (κ2) is 5.63. The second-order valence-electron chi connectivity index (χ2n) is 4.57. The van der Waals surface area contributed by atoms with Gasteiger partial charge in [0.1, 0.15) is 0 Å². The molecule has 0 atom stereocenters. The van der Waals surface area contributed by atoms with Gasteiger partial charge in [-0.25, -0.2) is 0 Å². The molecule has 2 rings (SSSR count). The highest BCUT2D eigenvalue weighted by Crippen LogP contribution is 2.12. The summed E-state index contributed by atoms with van der Waals surface area (Å²) in [5.41, 5.74) is 3.14. The number of benzene rings is 1. The van der Waals surface area contributed by atoms with Crippen LogP contribution in [-0.2, 0) is 6.54 Å². The molecule has 2 aromatic rings. The van der Waals surface area contributed by atoms with Crippen LogP contribution in [-0.4, -0.2) is 16.0 Å². The number of rotatable bonds is 3. The van der Waals surface area contributed by atoms with Crippen molar-refractivity contribution in [1.29, 1.82) is 0 Å². The lowest BCUT2D eigenvalue weighted by atomic mass is 10.1. The third kappa shape index (κ3) is 3.39. The minimum Gasteiger partial charge on any atom is -0.756 e. The first kappa shape index (κ1) is 13.2. The zero-order valence-corrected chi connectivity index (χ0v) is 11.0. The summed E-state index contributed by atoms with van der Waals surface area (Å²) in [6.07, 6.45) is 3.20. The van der Waals surface area contributed by atoms with Gasteiger partial charge in [-0.1, -0.05) is 17.2 Å². The molecule has 1 aromatic heterocycles. The van der Waals surface area contributed by atoms with E-state index in [9.17, 15) is 10.0 Å². The fraction of sp³-hybridized carbons (Fsp3) is 0.200. The van der Waals surface area contributed by atoms with E-state index in [0.29, 0.717) is 10.6 Å². The number of aryl methyl sites for hydroxylation is 2. The zero-order chi connectivity index (χ0) is 13.8. The van der Waals surface area contributed by atoms with E-state index in [1.54, 1.807) is 36.7 Å². The summed E-state index contributed by atoms with van der Waals surface area (Å²) < 4.78 is 0. The zero-order valence-electron chi connectivity index (χ0n) is 11.0. The number of hydrogen-bond donors (Lipinski definition) is 0. The first-order chi connectivity index (χ1) is 9.06. The minimum atomic E-state index is -0.511. The standard InChI is InChI=1S/C15H15N2O2/c1-11-7-12(2)9-14(8-11)15(18)17(19)10-13-3-5-16-6-4-13/h3-9H,10H2,1-2H3/q-1. The molecule has 19 heavy (non-hydrogen) atoms. The number of carbonyl (C=O) groups excluding carboxylic acids is 1. The van der Waals surface area contributed by atoms with Gasteiger partial charge in [-0.3, -0.25) is 9.78 Å². The molecule has 1 heterocycles. The lowest BCUT2D eigenvalue weighted by Crippen LogP contribution is -2.24. The van der Waals surface area contributed by atoms with Crippen LogP contribution in [0.4, 0.5) is 0 Å². The maximum atomic E-state index is 12.1. The highest BCUT2D eigenvalue weighted by Gasteiger charge is 2.09. The van der Waals surface area contributed by atoms with Gasteiger partial charge in [-0.2, -0.15) is 0 Å².